The van der Waals surface area contributed by atoms with Crippen molar-refractivity contribution in [2.75, 3.05) is 13.1 Å². The number of ketones is 1. The van der Waals surface area contributed by atoms with E-state index in [0.29, 0.717) is 30.7 Å². The third-order valence-corrected chi connectivity index (χ3v) is 12.9. The molecular weight excluding hydrogens is 606 g/mol. The highest BCUT2D eigenvalue weighted by molar-refractivity contribution is 6.38. The molecule has 1 aliphatic heterocycles. The Hall–Kier alpha value is -3.35. The number of hydrogen-bond donors (Lipinski definition) is 4. The van der Waals surface area contributed by atoms with Crippen LogP contribution in [0.5, 0.6) is 0 Å². The van der Waals surface area contributed by atoms with Crippen LogP contribution in [0.25, 0.3) is 0 Å². The van der Waals surface area contributed by atoms with Crippen molar-refractivity contribution in [2.24, 2.45) is 40.9 Å². The Morgan fingerprint density at radius 3 is 2.23 bits per heavy atom. The van der Waals surface area contributed by atoms with Crippen molar-refractivity contribution < 1.29 is 24.0 Å². The predicted molar refractivity (Wildman–Crippen MR) is 182 cm³/mol. The number of fused-ring (bicyclic) bond motifs is 1. The fourth-order valence-corrected chi connectivity index (χ4v) is 10.8. The van der Waals surface area contributed by atoms with Crippen LogP contribution in [0.3, 0.4) is 0 Å². The molecule has 6 aliphatic carbocycles. The Balaban J connectivity index is 1.18. The van der Waals surface area contributed by atoms with Crippen molar-refractivity contribution in [1.82, 2.24) is 26.2 Å². The Morgan fingerprint density at radius 2 is 1.62 bits per heavy atom. The molecule has 5 atom stereocenters. The normalized spacial score (nSPS) is 33.8. The quantitative estimate of drug-likeness (QED) is 0.103. The lowest BCUT2D eigenvalue weighted by Crippen LogP contribution is -2.64. The van der Waals surface area contributed by atoms with Gasteiger partial charge in [0.1, 0.15) is 12.1 Å². The van der Waals surface area contributed by atoms with Crippen LogP contribution in [0.4, 0.5) is 4.79 Å². The number of nitrogens with zero attached hydrogens (tertiary/aromatic N) is 1. The van der Waals surface area contributed by atoms with Gasteiger partial charge in [0.15, 0.2) is 0 Å². The molecule has 262 valence electrons. The van der Waals surface area contributed by atoms with E-state index in [-0.39, 0.29) is 60.0 Å². The number of hydrogen-bond acceptors (Lipinski definition) is 5. The van der Waals surface area contributed by atoms with E-state index < -0.39 is 35.7 Å². The summed E-state index contributed by atoms with van der Waals surface area (Å²) >= 11 is 0. The zero-order valence-corrected chi connectivity index (χ0v) is 28.9. The van der Waals surface area contributed by atoms with E-state index in [1.54, 1.807) is 11.0 Å². The summed E-state index contributed by atoms with van der Waals surface area (Å²) in [5, 5.41) is 12.0. The van der Waals surface area contributed by atoms with Crippen LogP contribution in [-0.4, -0.2) is 71.2 Å². The summed E-state index contributed by atoms with van der Waals surface area (Å²) in [6.07, 6.45) is 19.6. The molecule has 10 nitrogen and oxygen atoms in total. The summed E-state index contributed by atoms with van der Waals surface area (Å²) < 4.78 is 0. The highest BCUT2D eigenvalue weighted by Crippen LogP contribution is 2.65. The second-order valence-corrected chi connectivity index (χ2v) is 16.6. The first-order valence-corrected chi connectivity index (χ1v) is 18.5. The minimum Gasteiger partial charge on any atom is -0.348 e. The molecular formula is C38H55N5O5. The summed E-state index contributed by atoms with van der Waals surface area (Å²) in [6.45, 7) is 8.54. The minimum absolute atomic E-state index is 0.00404. The highest BCUT2D eigenvalue weighted by atomic mass is 16.2. The monoisotopic (exact) mass is 661 g/mol. The van der Waals surface area contributed by atoms with Gasteiger partial charge in [0.25, 0.3) is 5.91 Å². The van der Waals surface area contributed by atoms with Gasteiger partial charge in [-0.1, -0.05) is 39.2 Å². The predicted octanol–water partition coefficient (Wildman–Crippen LogP) is 3.85. The van der Waals surface area contributed by atoms with Gasteiger partial charge in [-0.15, -0.1) is 18.9 Å². The van der Waals surface area contributed by atoms with Crippen LogP contribution >= 0.6 is 0 Å². The Morgan fingerprint density at radius 1 is 0.979 bits per heavy atom. The maximum Gasteiger partial charge on any atom is 0.315 e. The average molecular weight is 662 g/mol. The fraction of sp³-hybridized carbons (Fsp3) is 0.763. The molecule has 6 saturated carbocycles. The molecule has 1 saturated heterocycles. The van der Waals surface area contributed by atoms with Crippen LogP contribution in [0, 0.1) is 53.3 Å². The fourth-order valence-electron chi connectivity index (χ4n) is 10.8. The van der Waals surface area contributed by atoms with Crippen molar-refractivity contribution in [3.8, 4) is 12.3 Å². The maximum atomic E-state index is 14.6. The minimum atomic E-state index is -1.06. The molecule has 0 aromatic heterocycles. The number of terminal acetylenes is 1. The van der Waals surface area contributed by atoms with E-state index in [1.807, 2.05) is 0 Å². The second kappa shape index (κ2) is 13.9. The Labute approximate surface area is 285 Å². The number of carbonyl (C=O) groups is 5. The molecule has 48 heavy (non-hydrogen) atoms. The molecule has 0 spiro atoms. The number of allylic oxidation sites excluding steroid dienone is 1. The lowest BCUT2D eigenvalue weighted by atomic mass is 9.53. The first-order chi connectivity index (χ1) is 23.0. The lowest BCUT2D eigenvalue weighted by Gasteiger charge is -2.56. The zero-order chi connectivity index (χ0) is 34.2. The molecule has 0 aromatic carbocycles. The molecule has 10 heteroatoms. The lowest BCUT2D eigenvalue weighted by molar-refractivity contribution is -0.144. The van der Waals surface area contributed by atoms with Gasteiger partial charge in [-0.3, -0.25) is 19.2 Å². The standard InChI is InChI=1S/C38H55N5O5/c1-5-7-14-28(32(44)34(46)39-15-8-6-2)40-33(45)31-29-27(37(29,3)4)22-43(31)35(47)30(26-12-10-9-11-13-26)41-36(48)42-38-19-23-16-24(20-38)18-25(17-23)21-38/h2,5,23-31H,1,7-22H2,3-4H3,(H,39,46)(H,40,45)(H2,41,42,48)/t23?,24?,25?,27-,28-,29-,30-,31-,38?/m0/s1. The van der Waals surface area contributed by atoms with E-state index in [4.69, 9.17) is 6.42 Å². The van der Waals surface area contributed by atoms with Crippen molar-refractivity contribution in [3.05, 3.63) is 12.7 Å². The third kappa shape index (κ3) is 6.89. The van der Waals surface area contributed by atoms with Gasteiger partial charge < -0.3 is 26.2 Å². The van der Waals surface area contributed by atoms with E-state index in [2.05, 4.69) is 47.6 Å². The van der Waals surface area contributed by atoms with Gasteiger partial charge in [0.2, 0.25) is 17.6 Å². The van der Waals surface area contributed by atoms with Crippen molar-refractivity contribution >= 4 is 29.5 Å². The number of piperidine rings is 1. The first kappa shape index (κ1) is 34.5. The largest absolute Gasteiger partial charge is 0.348 e. The van der Waals surface area contributed by atoms with Gasteiger partial charge in [-0.25, -0.2) is 4.79 Å². The van der Waals surface area contributed by atoms with Crippen molar-refractivity contribution in [3.63, 3.8) is 0 Å². The summed E-state index contributed by atoms with van der Waals surface area (Å²) in [4.78, 5) is 70.1. The van der Waals surface area contributed by atoms with Gasteiger partial charge in [-0.2, -0.15) is 0 Å². The molecule has 0 radical (unpaired) electrons. The smallest absolute Gasteiger partial charge is 0.315 e. The van der Waals surface area contributed by atoms with E-state index in [1.165, 1.54) is 19.3 Å². The Kier molecular flexibility index (Phi) is 9.98. The van der Waals surface area contributed by atoms with Crippen LogP contribution in [-0.2, 0) is 19.2 Å². The van der Waals surface area contributed by atoms with Gasteiger partial charge in [-0.05, 0) is 105 Å². The molecule has 7 fully saturated rings. The van der Waals surface area contributed by atoms with Crippen LogP contribution in [0.15, 0.2) is 12.7 Å². The highest BCUT2D eigenvalue weighted by Gasteiger charge is 2.70. The number of rotatable bonds is 13. The van der Waals surface area contributed by atoms with Gasteiger partial charge in [0.05, 0.1) is 6.04 Å². The van der Waals surface area contributed by atoms with Crippen molar-refractivity contribution in [2.45, 2.75) is 127 Å². The van der Waals surface area contributed by atoms with Crippen LogP contribution in [0.2, 0.25) is 0 Å². The zero-order valence-electron chi connectivity index (χ0n) is 28.9. The number of amides is 5. The molecule has 1 heterocycles. The SMILES string of the molecule is C#CCCNC(=O)C(=O)[C@H](CCC=C)NC(=O)[C@@H]1[C@@H]2[C@H](CN1C(=O)[C@@H](NC(=O)NC13CC4CC(CC(C4)C1)C3)C1CCCCC1)C2(C)C. The van der Waals surface area contributed by atoms with Crippen molar-refractivity contribution in [1.29, 1.82) is 0 Å². The Bertz CT molecular complexity index is 1310. The summed E-state index contributed by atoms with van der Waals surface area (Å²) in [6, 6.07) is -2.84. The van der Waals surface area contributed by atoms with E-state index in [9.17, 15) is 24.0 Å². The molecule has 7 aliphatic rings. The first-order valence-electron chi connectivity index (χ1n) is 18.5. The molecule has 0 unspecified atom stereocenters. The average Bonchev–Trinajstić information content (AvgIpc) is 3.35. The summed E-state index contributed by atoms with van der Waals surface area (Å²) in [5.74, 6) is 2.35. The summed E-state index contributed by atoms with van der Waals surface area (Å²) in [7, 11) is 0. The molecule has 4 bridgehead atoms. The number of urea groups is 1. The maximum absolute atomic E-state index is 14.6. The molecule has 7 rings (SSSR count). The van der Waals surface area contributed by atoms with Crippen LogP contribution in [0.1, 0.15) is 104 Å². The second-order valence-electron chi connectivity index (χ2n) is 16.6. The topological polar surface area (TPSA) is 137 Å². The van der Waals surface area contributed by atoms with E-state index >= 15 is 0 Å². The number of likely N-dealkylation sites (tertiary alicyclic amines) is 1. The van der Waals surface area contributed by atoms with Gasteiger partial charge in [0, 0.05) is 25.0 Å². The number of Topliss-reactive ketones (excluding diaryl/α,β-unsaturated/α-hetero) is 1. The molecule has 0 aromatic rings. The molecule has 4 N–H and O–H groups in total. The molecule has 5 amide bonds. The number of carbonyl (C=O) groups excluding carboxylic acids is 5. The third-order valence-electron chi connectivity index (χ3n) is 12.9. The van der Waals surface area contributed by atoms with Crippen LogP contribution < -0.4 is 21.3 Å². The summed E-state index contributed by atoms with van der Waals surface area (Å²) in [5.41, 5.74) is -0.323. The number of nitrogens with one attached hydrogen (secondary N) is 4. The van der Waals surface area contributed by atoms with Gasteiger partial charge >= 0.3 is 6.03 Å². The van der Waals surface area contributed by atoms with E-state index in [0.717, 1.165) is 51.4 Å².